The first-order chi connectivity index (χ1) is 13.0. The number of halogens is 1. The number of pyridine rings is 2. The molecular formula is C20H19ClN4O2. The van der Waals surface area contributed by atoms with E-state index >= 15 is 0 Å². The summed E-state index contributed by atoms with van der Waals surface area (Å²) < 4.78 is 1.44. The van der Waals surface area contributed by atoms with Gasteiger partial charge in [-0.25, -0.2) is 4.98 Å². The molecule has 4 rings (SSSR count). The third kappa shape index (κ3) is 3.28. The minimum Gasteiger partial charge on any atom is -0.368 e. The molecule has 0 aliphatic carbocycles. The zero-order valence-electron chi connectivity index (χ0n) is 14.9. The highest BCUT2D eigenvalue weighted by Gasteiger charge is 2.25. The number of piperazine rings is 1. The summed E-state index contributed by atoms with van der Waals surface area (Å²) >= 11 is 6.07. The maximum Gasteiger partial charge on any atom is 0.264 e. The van der Waals surface area contributed by atoms with Crippen LogP contribution in [-0.4, -0.2) is 46.5 Å². The molecule has 0 saturated carbocycles. The van der Waals surface area contributed by atoms with Crippen molar-refractivity contribution in [2.45, 2.75) is 0 Å². The molecule has 138 valence electrons. The summed E-state index contributed by atoms with van der Waals surface area (Å²) in [5, 5.41) is 1.47. The molecular weight excluding hydrogens is 364 g/mol. The average Bonchev–Trinajstić information content (AvgIpc) is 2.70. The number of carbonyl (C=O) groups excluding carboxylic acids is 1. The van der Waals surface area contributed by atoms with Gasteiger partial charge in [-0.15, -0.1) is 0 Å². The van der Waals surface area contributed by atoms with Gasteiger partial charge in [-0.05, 0) is 36.4 Å². The van der Waals surface area contributed by atoms with Gasteiger partial charge in [0.25, 0.3) is 11.5 Å². The van der Waals surface area contributed by atoms with Gasteiger partial charge >= 0.3 is 0 Å². The Kier molecular flexibility index (Phi) is 4.58. The first-order valence-corrected chi connectivity index (χ1v) is 9.17. The summed E-state index contributed by atoms with van der Waals surface area (Å²) in [5.74, 6) is -0.230. The lowest BCUT2D eigenvalue weighted by Crippen LogP contribution is -2.49. The monoisotopic (exact) mass is 382 g/mol. The summed E-state index contributed by atoms with van der Waals surface area (Å²) in [6.07, 6.45) is 1.64. The van der Waals surface area contributed by atoms with E-state index in [0.29, 0.717) is 36.8 Å². The third-order valence-electron chi connectivity index (χ3n) is 4.94. The molecule has 0 spiro atoms. The number of benzene rings is 1. The second kappa shape index (κ2) is 7.04. The van der Waals surface area contributed by atoms with E-state index < -0.39 is 0 Å². The molecule has 1 saturated heterocycles. The van der Waals surface area contributed by atoms with Crippen molar-refractivity contribution in [2.75, 3.05) is 31.1 Å². The molecule has 27 heavy (non-hydrogen) atoms. The van der Waals surface area contributed by atoms with Crippen molar-refractivity contribution >= 4 is 34.2 Å². The normalized spacial score (nSPS) is 14.6. The Hall–Kier alpha value is -2.86. The fraction of sp³-hybridized carbons (Fsp3) is 0.250. The quantitative estimate of drug-likeness (QED) is 0.683. The van der Waals surface area contributed by atoms with Gasteiger partial charge in [-0.2, -0.15) is 0 Å². The van der Waals surface area contributed by atoms with Crippen LogP contribution >= 0.6 is 11.6 Å². The van der Waals surface area contributed by atoms with Crippen molar-refractivity contribution in [3.8, 4) is 0 Å². The number of fused-ring (bicyclic) bond motifs is 1. The van der Waals surface area contributed by atoms with E-state index in [4.69, 9.17) is 11.6 Å². The molecule has 0 N–H and O–H groups in total. The molecule has 1 aliphatic rings. The molecule has 0 atom stereocenters. The zero-order chi connectivity index (χ0) is 19.0. The van der Waals surface area contributed by atoms with Crippen molar-refractivity contribution < 1.29 is 4.79 Å². The number of carbonyl (C=O) groups is 1. The summed E-state index contributed by atoms with van der Waals surface area (Å²) in [5.41, 5.74) is 1.49. The number of aryl methyl sites for hydroxylation is 1. The van der Waals surface area contributed by atoms with E-state index in [0.717, 1.165) is 11.1 Å². The third-order valence-corrected chi connectivity index (χ3v) is 5.18. The van der Waals surface area contributed by atoms with E-state index in [2.05, 4.69) is 9.88 Å². The van der Waals surface area contributed by atoms with Gasteiger partial charge in [-0.3, -0.25) is 14.2 Å². The van der Waals surface area contributed by atoms with Crippen molar-refractivity contribution in [1.82, 2.24) is 14.5 Å². The fourth-order valence-corrected chi connectivity index (χ4v) is 3.65. The minimum atomic E-state index is -0.316. The lowest BCUT2D eigenvalue weighted by atomic mass is 10.1. The zero-order valence-corrected chi connectivity index (χ0v) is 15.7. The van der Waals surface area contributed by atoms with Crippen LogP contribution in [0.15, 0.2) is 53.5 Å². The molecule has 1 aliphatic heterocycles. The van der Waals surface area contributed by atoms with Crippen LogP contribution in [0.5, 0.6) is 0 Å². The molecule has 0 bridgehead atoms. The molecule has 1 fully saturated rings. The van der Waals surface area contributed by atoms with E-state index in [-0.39, 0.29) is 17.0 Å². The summed E-state index contributed by atoms with van der Waals surface area (Å²) in [7, 11) is 1.64. The topological polar surface area (TPSA) is 58.4 Å². The molecule has 7 heteroatoms. The summed E-state index contributed by atoms with van der Waals surface area (Å²) in [4.78, 5) is 33.8. The predicted octanol–water partition coefficient (Wildman–Crippen LogP) is 2.55. The van der Waals surface area contributed by atoms with E-state index in [1.54, 1.807) is 30.3 Å². The van der Waals surface area contributed by atoms with Gasteiger partial charge in [0.1, 0.15) is 11.2 Å². The van der Waals surface area contributed by atoms with Crippen LogP contribution in [0, 0.1) is 0 Å². The largest absolute Gasteiger partial charge is 0.368 e. The van der Waals surface area contributed by atoms with Gasteiger partial charge in [0.2, 0.25) is 0 Å². The van der Waals surface area contributed by atoms with Gasteiger partial charge < -0.3 is 9.80 Å². The van der Waals surface area contributed by atoms with Crippen LogP contribution < -0.4 is 10.5 Å². The van der Waals surface area contributed by atoms with E-state index in [1.165, 1.54) is 4.57 Å². The summed E-state index contributed by atoms with van der Waals surface area (Å²) in [6, 6.07) is 13.0. The number of nitrogens with zero attached hydrogens (tertiary/aromatic N) is 4. The van der Waals surface area contributed by atoms with Gasteiger partial charge in [0, 0.05) is 55.5 Å². The number of hydrogen-bond acceptors (Lipinski definition) is 4. The Balaban J connectivity index is 1.56. The molecule has 3 aromatic rings. The van der Waals surface area contributed by atoms with Gasteiger partial charge in [-0.1, -0.05) is 17.7 Å². The van der Waals surface area contributed by atoms with Crippen molar-refractivity contribution in [3.05, 3.63) is 69.6 Å². The standard InChI is InChI=1S/C20H19ClN4O2/c1-23-18-14(4-3-7-22-18)12-17(19(23)26)20(27)25-10-8-24(9-11-25)16-6-2-5-15(21)13-16/h2-7,12-13H,8-11H2,1H3. The number of anilines is 1. The van der Waals surface area contributed by atoms with Crippen LogP contribution in [0.2, 0.25) is 5.02 Å². The minimum absolute atomic E-state index is 0.189. The molecule has 0 radical (unpaired) electrons. The highest BCUT2D eigenvalue weighted by atomic mass is 35.5. The Bertz CT molecular complexity index is 1070. The number of hydrogen-bond donors (Lipinski definition) is 0. The molecule has 6 nitrogen and oxygen atoms in total. The second-order valence-corrected chi connectivity index (χ2v) is 7.03. The van der Waals surface area contributed by atoms with E-state index in [9.17, 15) is 9.59 Å². The van der Waals surface area contributed by atoms with Crippen LogP contribution in [0.3, 0.4) is 0 Å². The van der Waals surface area contributed by atoms with Crippen molar-refractivity contribution in [2.24, 2.45) is 7.05 Å². The lowest BCUT2D eigenvalue weighted by Gasteiger charge is -2.36. The molecule has 2 aromatic heterocycles. The van der Waals surface area contributed by atoms with Crippen LogP contribution in [0.25, 0.3) is 11.0 Å². The highest BCUT2D eigenvalue weighted by molar-refractivity contribution is 6.30. The Labute approximate surface area is 161 Å². The number of aromatic nitrogens is 2. The van der Waals surface area contributed by atoms with Crippen LogP contribution in [0.1, 0.15) is 10.4 Å². The van der Waals surface area contributed by atoms with Crippen molar-refractivity contribution in [3.63, 3.8) is 0 Å². The molecule has 3 heterocycles. The molecule has 0 unspecified atom stereocenters. The number of amides is 1. The Morgan fingerprint density at radius 1 is 1.07 bits per heavy atom. The maximum absolute atomic E-state index is 13.0. The molecule has 1 aromatic carbocycles. The predicted molar refractivity (Wildman–Crippen MR) is 107 cm³/mol. The first kappa shape index (κ1) is 17.5. The van der Waals surface area contributed by atoms with Gasteiger partial charge in [0.05, 0.1) is 0 Å². The second-order valence-electron chi connectivity index (χ2n) is 6.60. The smallest absolute Gasteiger partial charge is 0.264 e. The fourth-order valence-electron chi connectivity index (χ4n) is 3.46. The first-order valence-electron chi connectivity index (χ1n) is 8.79. The maximum atomic E-state index is 13.0. The SMILES string of the molecule is Cn1c(=O)c(C(=O)N2CCN(c3cccc(Cl)c3)CC2)cc2cccnc21. The summed E-state index contributed by atoms with van der Waals surface area (Å²) in [6.45, 7) is 2.50. The number of rotatable bonds is 2. The van der Waals surface area contributed by atoms with E-state index in [1.807, 2.05) is 30.3 Å². The highest BCUT2D eigenvalue weighted by Crippen LogP contribution is 2.21. The van der Waals surface area contributed by atoms with Crippen LogP contribution in [-0.2, 0) is 7.05 Å². The van der Waals surface area contributed by atoms with Gasteiger partial charge in [0.15, 0.2) is 0 Å². The Morgan fingerprint density at radius 2 is 1.85 bits per heavy atom. The van der Waals surface area contributed by atoms with Crippen LogP contribution in [0.4, 0.5) is 5.69 Å². The Morgan fingerprint density at radius 3 is 2.59 bits per heavy atom. The average molecular weight is 383 g/mol. The molecule has 1 amide bonds. The van der Waals surface area contributed by atoms with Crippen molar-refractivity contribution in [1.29, 1.82) is 0 Å². The lowest BCUT2D eigenvalue weighted by molar-refractivity contribution is 0.0744.